The Morgan fingerprint density at radius 3 is 2.48 bits per heavy atom. The lowest BCUT2D eigenvalue weighted by atomic mass is 10.1. The van der Waals surface area contributed by atoms with E-state index in [-0.39, 0.29) is 24.3 Å². The Balaban J connectivity index is 1.88. The number of ether oxygens (including phenoxy) is 1. The van der Waals surface area contributed by atoms with Gasteiger partial charge in [-0.05, 0) is 25.1 Å². The first-order valence-corrected chi connectivity index (χ1v) is 9.78. The van der Waals surface area contributed by atoms with E-state index in [0.717, 1.165) is 12.1 Å². The van der Waals surface area contributed by atoms with Crippen molar-refractivity contribution in [2.75, 3.05) is 11.9 Å². The van der Waals surface area contributed by atoms with Crippen molar-refractivity contribution in [2.24, 2.45) is 0 Å². The number of benzene rings is 2. The fraction of sp³-hybridized carbons (Fsp3) is 0.150. The van der Waals surface area contributed by atoms with E-state index < -0.39 is 22.5 Å². The lowest BCUT2D eigenvalue weighted by Crippen LogP contribution is -2.17. The Hall–Kier alpha value is -3.43. The number of carbonyl (C=O) groups excluding carboxylic acids is 2. The molecule has 1 N–H and O–H groups in total. The first-order chi connectivity index (χ1) is 14.8. The minimum absolute atomic E-state index is 0.0826. The van der Waals surface area contributed by atoms with Crippen LogP contribution in [0.25, 0.3) is 0 Å². The molecule has 31 heavy (non-hydrogen) atoms. The van der Waals surface area contributed by atoms with E-state index >= 15 is 0 Å². The molecule has 11 heteroatoms. The van der Waals surface area contributed by atoms with Gasteiger partial charge in [-0.2, -0.15) is 5.10 Å². The van der Waals surface area contributed by atoms with Gasteiger partial charge in [0.05, 0.1) is 29.8 Å². The third-order valence-electron chi connectivity index (χ3n) is 4.23. The number of anilines is 1. The third-order valence-corrected chi connectivity index (χ3v) is 4.94. The number of nitrogens with zero attached hydrogens (tertiary/aromatic N) is 3. The molecule has 0 aliphatic heterocycles. The normalized spacial score (nSPS) is 10.5. The number of nitrogens with one attached hydrogen (secondary N) is 1. The van der Waals surface area contributed by atoms with Gasteiger partial charge in [-0.25, -0.2) is 9.48 Å². The summed E-state index contributed by atoms with van der Waals surface area (Å²) in [6.07, 6.45) is 1.47. The summed E-state index contributed by atoms with van der Waals surface area (Å²) in [7, 11) is 0. The van der Waals surface area contributed by atoms with Crippen LogP contribution in [-0.4, -0.2) is 33.2 Å². The maximum Gasteiger partial charge on any atom is 0.338 e. The summed E-state index contributed by atoms with van der Waals surface area (Å²) in [5, 5.41) is 18.9. The average molecular weight is 463 g/mol. The number of rotatable bonds is 7. The smallest absolute Gasteiger partial charge is 0.338 e. The van der Waals surface area contributed by atoms with Crippen LogP contribution in [0.1, 0.15) is 33.2 Å². The third kappa shape index (κ3) is 5.19. The van der Waals surface area contributed by atoms with Gasteiger partial charge >= 0.3 is 5.97 Å². The zero-order valence-corrected chi connectivity index (χ0v) is 17.7. The molecule has 1 aromatic heterocycles. The van der Waals surface area contributed by atoms with Crippen LogP contribution >= 0.6 is 23.2 Å². The molecular weight excluding hydrogens is 447 g/mol. The molecule has 3 rings (SSSR count). The summed E-state index contributed by atoms with van der Waals surface area (Å²) >= 11 is 12.4. The Bertz CT molecular complexity index is 1140. The van der Waals surface area contributed by atoms with Crippen LogP contribution in [0.2, 0.25) is 10.0 Å². The maximum absolute atomic E-state index is 12.8. The lowest BCUT2D eigenvalue weighted by Gasteiger charge is -2.12. The van der Waals surface area contributed by atoms with E-state index in [9.17, 15) is 19.7 Å². The zero-order valence-electron chi connectivity index (χ0n) is 16.2. The number of non-ortho nitro benzene ring substituents is 1. The molecule has 0 saturated carbocycles. The number of esters is 1. The van der Waals surface area contributed by atoms with Crippen LogP contribution in [0, 0.1) is 10.1 Å². The maximum atomic E-state index is 12.8. The SMILES string of the molecule is CCOC(=O)c1cc(C(=O)Nc2ccnn2Cc2c(Cl)cccc2Cl)cc([N+](=O)[O-])c1. The summed E-state index contributed by atoms with van der Waals surface area (Å²) < 4.78 is 6.35. The number of aromatic nitrogens is 2. The monoisotopic (exact) mass is 462 g/mol. The first-order valence-electron chi connectivity index (χ1n) is 9.02. The number of halogens is 2. The van der Waals surface area contributed by atoms with Crippen molar-refractivity contribution >= 4 is 46.6 Å². The van der Waals surface area contributed by atoms with Gasteiger partial charge in [-0.3, -0.25) is 14.9 Å². The molecule has 0 fully saturated rings. The van der Waals surface area contributed by atoms with E-state index in [0.29, 0.717) is 21.4 Å². The van der Waals surface area contributed by atoms with Crippen molar-refractivity contribution < 1.29 is 19.2 Å². The van der Waals surface area contributed by atoms with Crippen molar-refractivity contribution in [1.82, 2.24) is 9.78 Å². The highest BCUT2D eigenvalue weighted by molar-refractivity contribution is 6.36. The summed E-state index contributed by atoms with van der Waals surface area (Å²) in [6.45, 7) is 1.88. The van der Waals surface area contributed by atoms with E-state index in [1.165, 1.54) is 16.9 Å². The summed E-state index contributed by atoms with van der Waals surface area (Å²) in [4.78, 5) is 35.3. The van der Waals surface area contributed by atoms with Crippen LogP contribution in [0.5, 0.6) is 0 Å². The standard InChI is InChI=1S/C20H16Cl2N4O5/c1-2-31-20(28)13-8-12(9-14(10-13)26(29)30)19(27)24-18-6-7-23-25(18)11-15-16(21)4-3-5-17(15)22/h3-10H,2,11H2,1H3,(H,24,27). The molecule has 0 aliphatic carbocycles. The van der Waals surface area contributed by atoms with Crippen LogP contribution in [0.15, 0.2) is 48.7 Å². The van der Waals surface area contributed by atoms with Gasteiger partial charge in [0.15, 0.2) is 0 Å². The van der Waals surface area contributed by atoms with Crippen molar-refractivity contribution in [1.29, 1.82) is 0 Å². The Kier molecular flexibility index (Phi) is 6.88. The molecular formula is C20H16Cl2N4O5. The highest BCUT2D eigenvalue weighted by Crippen LogP contribution is 2.26. The molecule has 0 aliphatic rings. The highest BCUT2D eigenvalue weighted by Gasteiger charge is 2.20. The van der Waals surface area contributed by atoms with Gasteiger partial charge in [0.1, 0.15) is 5.82 Å². The Morgan fingerprint density at radius 2 is 1.84 bits per heavy atom. The van der Waals surface area contributed by atoms with Crippen molar-refractivity contribution in [3.8, 4) is 0 Å². The fourth-order valence-corrected chi connectivity index (χ4v) is 3.28. The number of amides is 1. The zero-order chi connectivity index (χ0) is 22.5. The van der Waals surface area contributed by atoms with Crippen LogP contribution in [-0.2, 0) is 11.3 Å². The number of nitro benzene ring substituents is 1. The molecule has 1 heterocycles. The predicted molar refractivity (Wildman–Crippen MR) is 115 cm³/mol. The fourth-order valence-electron chi connectivity index (χ4n) is 2.77. The topological polar surface area (TPSA) is 116 Å². The summed E-state index contributed by atoms with van der Waals surface area (Å²) in [6, 6.07) is 9.98. The second kappa shape index (κ2) is 9.59. The number of hydrogen-bond donors (Lipinski definition) is 1. The van der Waals surface area contributed by atoms with Crippen molar-refractivity contribution in [2.45, 2.75) is 13.5 Å². The van der Waals surface area contributed by atoms with E-state index in [2.05, 4.69) is 10.4 Å². The predicted octanol–water partition coefficient (Wildman–Crippen LogP) is 4.58. The van der Waals surface area contributed by atoms with Gasteiger partial charge in [-0.15, -0.1) is 0 Å². The van der Waals surface area contributed by atoms with Crippen LogP contribution in [0.4, 0.5) is 11.5 Å². The van der Waals surface area contributed by atoms with Crippen molar-refractivity contribution in [3.63, 3.8) is 0 Å². The van der Waals surface area contributed by atoms with Gasteiger partial charge < -0.3 is 10.1 Å². The van der Waals surface area contributed by atoms with Crippen molar-refractivity contribution in [3.05, 3.63) is 85.5 Å². The summed E-state index contributed by atoms with van der Waals surface area (Å²) in [5.74, 6) is -1.12. The summed E-state index contributed by atoms with van der Waals surface area (Å²) in [5.41, 5.74) is 0.0235. The van der Waals surface area contributed by atoms with Crippen LogP contribution in [0.3, 0.4) is 0 Å². The highest BCUT2D eigenvalue weighted by atomic mass is 35.5. The number of nitro groups is 1. The number of hydrogen-bond acceptors (Lipinski definition) is 6. The minimum atomic E-state index is -0.765. The van der Waals surface area contributed by atoms with Gasteiger partial charge in [-0.1, -0.05) is 29.3 Å². The minimum Gasteiger partial charge on any atom is -0.462 e. The van der Waals surface area contributed by atoms with Crippen LogP contribution < -0.4 is 5.32 Å². The Morgan fingerprint density at radius 1 is 1.16 bits per heavy atom. The van der Waals surface area contributed by atoms with E-state index in [1.807, 2.05) is 0 Å². The quantitative estimate of drug-likeness (QED) is 0.312. The van der Waals surface area contributed by atoms with Gasteiger partial charge in [0.25, 0.3) is 11.6 Å². The Labute approximate surface area is 186 Å². The molecule has 9 nitrogen and oxygen atoms in total. The largest absolute Gasteiger partial charge is 0.462 e. The first kappa shape index (κ1) is 22.3. The molecule has 0 spiro atoms. The molecule has 3 aromatic rings. The molecule has 1 amide bonds. The van der Waals surface area contributed by atoms with E-state index in [1.54, 1.807) is 31.2 Å². The van der Waals surface area contributed by atoms with Gasteiger partial charge in [0, 0.05) is 39.4 Å². The lowest BCUT2D eigenvalue weighted by molar-refractivity contribution is -0.384. The second-order valence-electron chi connectivity index (χ2n) is 6.27. The molecule has 0 atom stereocenters. The molecule has 0 unspecified atom stereocenters. The molecule has 2 aromatic carbocycles. The molecule has 0 saturated heterocycles. The van der Waals surface area contributed by atoms with Gasteiger partial charge in [0.2, 0.25) is 0 Å². The second-order valence-corrected chi connectivity index (χ2v) is 7.09. The average Bonchev–Trinajstić information content (AvgIpc) is 3.17. The van der Waals surface area contributed by atoms with E-state index in [4.69, 9.17) is 27.9 Å². The molecule has 0 bridgehead atoms. The molecule has 160 valence electrons. The number of carbonyl (C=O) groups is 2. The molecule has 0 radical (unpaired) electrons.